The highest BCUT2D eigenvalue weighted by Gasteiger charge is 2.16. The lowest BCUT2D eigenvalue weighted by atomic mass is 10.1. The average molecular weight is 244 g/mol. The third-order valence-corrected chi connectivity index (χ3v) is 2.93. The summed E-state index contributed by atoms with van der Waals surface area (Å²) in [5.41, 5.74) is 1.46. The summed E-state index contributed by atoms with van der Waals surface area (Å²) >= 11 is 0. The van der Waals surface area contributed by atoms with Crippen molar-refractivity contribution in [3.05, 3.63) is 47.5 Å². The highest BCUT2D eigenvalue weighted by Crippen LogP contribution is 2.17. The minimum absolute atomic E-state index is 0.0270. The molecule has 0 fully saturated rings. The molecular weight excluding hydrogens is 228 g/mol. The van der Waals surface area contributed by atoms with E-state index >= 15 is 0 Å². The zero-order valence-electron chi connectivity index (χ0n) is 10.2. The maximum absolute atomic E-state index is 11.8. The molecule has 3 nitrogen and oxygen atoms in total. The summed E-state index contributed by atoms with van der Waals surface area (Å²) in [5, 5.41) is 0. The Morgan fingerprint density at radius 1 is 1.11 bits per heavy atom. The van der Waals surface area contributed by atoms with E-state index in [9.17, 15) is 9.59 Å². The Hall–Kier alpha value is -1.90. The summed E-state index contributed by atoms with van der Waals surface area (Å²) in [5.74, 6) is -0.340. The molecule has 0 saturated heterocycles. The van der Waals surface area contributed by atoms with Gasteiger partial charge in [0, 0.05) is 12.0 Å². The lowest BCUT2D eigenvalue weighted by Gasteiger charge is -2.06. The molecule has 3 heteroatoms. The molecule has 1 aromatic rings. The molecule has 2 rings (SSSR count). The molecule has 18 heavy (non-hydrogen) atoms. The Labute approximate surface area is 106 Å². The minimum Gasteiger partial charge on any atom is -0.457 e. The van der Waals surface area contributed by atoms with Gasteiger partial charge >= 0.3 is 5.97 Å². The molecular formula is C15H16O3. The molecule has 0 radical (unpaired) electrons. The predicted molar refractivity (Wildman–Crippen MR) is 67.8 cm³/mol. The molecule has 1 aromatic carbocycles. The Bertz CT molecular complexity index is 460. The summed E-state index contributed by atoms with van der Waals surface area (Å²) < 4.78 is 5.21. The van der Waals surface area contributed by atoms with Crippen molar-refractivity contribution in [3.63, 3.8) is 0 Å². The van der Waals surface area contributed by atoms with Crippen molar-refractivity contribution in [1.82, 2.24) is 0 Å². The van der Waals surface area contributed by atoms with E-state index in [-0.39, 0.29) is 18.4 Å². The van der Waals surface area contributed by atoms with Crippen LogP contribution in [0.4, 0.5) is 0 Å². The predicted octanol–water partition coefficient (Wildman–Crippen LogP) is 2.80. The largest absolute Gasteiger partial charge is 0.457 e. The van der Waals surface area contributed by atoms with E-state index in [0.717, 1.165) is 18.4 Å². The van der Waals surface area contributed by atoms with E-state index in [0.29, 0.717) is 18.4 Å². The summed E-state index contributed by atoms with van der Waals surface area (Å²) in [7, 11) is 0. The number of ketones is 1. The molecule has 94 valence electrons. The fraction of sp³-hybridized carbons (Fsp3) is 0.333. The fourth-order valence-corrected chi connectivity index (χ4v) is 1.93. The van der Waals surface area contributed by atoms with Crippen LogP contribution in [0.25, 0.3) is 0 Å². The van der Waals surface area contributed by atoms with Crippen LogP contribution in [-0.2, 0) is 20.9 Å². The summed E-state index contributed by atoms with van der Waals surface area (Å²) in [4.78, 5) is 23.2. The number of hydrogen-bond acceptors (Lipinski definition) is 3. The van der Waals surface area contributed by atoms with Crippen molar-refractivity contribution < 1.29 is 14.3 Å². The Morgan fingerprint density at radius 3 is 2.61 bits per heavy atom. The van der Waals surface area contributed by atoms with E-state index in [1.807, 2.05) is 30.3 Å². The number of hydrogen-bond donors (Lipinski definition) is 0. The molecule has 0 aromatic heterocycles. The molecule has 1 aliphatic rings. The van der Waals surface area contributed by atoms with Crippen LogP contribution < -0.4 is 0 Å². The lowest BCUT2D eigenvalue weighted by Crippen LogP contribution is -2.08. The molecule has 0 spiro atoms. The second-order valence-corrected chi connectivity index (χ2v) is 4.40. The van der Waals surface area contributed by atoms with E-state index in [4.69, 9.17) is 4.74 Å². The van der Waals surface area contributed by atoms with Crippen molar-refractivity contribution in [2.75, 3.05) is 0 Å². The number of carbonyl (C=O) groups excluding carboxylic acids is 2. The number of carbonyl (C=O) groups is 2. The van der Waals surface area contributed by atoms with Crippen LogP contribution in [0.5, 0.6) is 0 Å². The number of allylic oxidation sites excluding steroid dienone is 1. The van der Waals surface area contributed by atoms with Crippen molar-refractivity contribution in [2.45, 2.75) is 32.3 Å². The summed E-state index contributed by atoms with van der Waals surface area (Å²) in [6, 6.07) is 9.52. The first-order valence-electron chi connectivity index (χ1n) is 6.20. The Morgan fingerprint density at radius 2 is 1.83 bits per heavy atom. The first kappa shape index (κ1) is 12.6. The zero-order chi connectivity index (χ0) is 12.8. The maximum atomic E-state index is 11.8. The zero-order valence-corrected chi connectivity index (χ0v) is 10.2. The first-order chi connectivity index (χ1) is 8.75. The Kier molecular flexibility index (Phi) is 4.29. The van der Waals surface area contributed by atoms with E-state index in [1.54, 1.807) is 0 Å². The van der Waals surface area contributed by atoms with Crippen molar-refractivity contribution >= 4 is 11.8 Å². The monoisotopic (exact) mass is 244 g/mol. The normalized spacial score (nSPS) is 15.8. The van der Waals surface area contributed by atoms with Gasteiger partial charge in [-0.3, -0.25) is 4.79 Å². The van der Waals surface area contributed by atoms with E-state index in [1.165, 1.54) is 6.08 Å². The van der Waals surface area contributed by atoms with Crippen LogP contribution in [0.3, 0.4) is 0 Å². The lowest BCUT2D eigenvalue weighted by molar-refractivity contribution is -0.140. The van der Waals surface area contributed by atoms with Gasteiger partial charge in [-0.2, -0.15) is 0 Å². The number of esters is 1. The van der Waals surface area contributed by atoms with Gasteiger partial charge in [-0.25, -0.2) is 4.79 Å². The summed E-state index contributed by atoms with van der Waals surface area (Å²) in [6.45, 7) is 0.255. The van der Waals surface area contributed by atoms with Gasteiger partial charge in [0.2, 0.25) is 0 Å². The number of rotatable bonds is 3. The second kappa shape index (κ2) is 6.15. The highest BCUT2D eigenvalue weighted by molar-refractivity contribution is 5.99. The van der Waals surface area contributed by atoms with Crippen LogP contribution in [0, 0.1) is 0 Å². The fourth-order valence-electron chi connectivity index (χ4n) is 1.93. The SMILES string of the molecule is O=C1C=C(C(=O)OCc2ccccc2)CCCC1. The van der Waals surface area contributed by atoms with Crippen molar-refractivity contribution in [2.24, 2.45) is 0 Å². The van der Waals surface area contributed by atoms with Gasteiger partial charge in [0.15, 0.2) is 5.78 Å². The molecule has 0 heterocycles. The van der Waals surface area contributed by atoms with Crippen LogP contribution in [-0.4, -0.2) is 11.8 Å². The van der Waals surface area contributed by atoms with Gasteiger partial charge < -0.3 is 4.74 Å². The third-order valence-electron chi connectivity index (χ3n) is 2.93. The van der Waals surface area contributed by atoms with Gasteiger partial charge in [0.05, 0.1) is 0 Å². The van der Waals surface area contributed by atoms with Gasteiger partial charge in [0.1, 0.15) is 6.61 Å². The minimum atomic E-state index is -0.367. The van der Waals surface area contributed by atoms with E-state index < -0.39 is 0 Å². The first-order valence-corrected chi connectivity index (χ1v) is 6.20. The molecule has 1 aliphatic carbocycles. The average Bonchev–Trinajstić information content (AvgIpc) is 2.62. The standard InChI is InChI=1S/C15H16O3/c16-14-9-5-4-8-13(10-14)15(17)18-11-12-6-2-1-3-7-12/h1-3,6-7,10H,4-5,8-9,11H2. The maximum Gasteiger partial charge on any atom is 0.334 e. The van der Waals surface area contributed by atoms with Crippen LogP contribution in [0.1, 0.15) is 31.2 Å². The number of ether oxygens (including phenoxy) is 1. The quantitative estimate of drug-likeness (QED) is 0.768. The highest BCUT2D eigenvalue weighted by atomic mass is 16.5. The third kappa shape index (κ3) is 3.55. The molecule has 0 bridgehead atoms. The molecule has 0 N–H and O–H groups in total. The van der Waals surface area contributed by atoms with Gasteiger partial charge in [-0.1, -0.05) is 30.3 Å². The molecule has 0 saturated carbocycles. The molecule has 0 unspecified atom stereocenters. The van der Waals surface area contributed by atoms with Crippen LogP contribution in [0.2, 0.25) is 0 Å². The Balaban J connectivity index is 1.93. The van der Waals surface area contributed by atoms with Gasteiger partial charge in [-0.15, -0.1) is 0 Å². The van der Waals surface area contributed by atoms with Crippen LogP contribution >= 0.6 is 0 Å². The molecule has 0 amide bonds. The number of benzene rings is 1. The van der Waals surface area contributed by atoms with Crippen LogP contribution in [0.15, 0.2) is 42.0 Å². The smallest absolute Gasteiger partial charge is 0.334 e. The molecule has 0 aliphatic heterocycles. The van der Waals surface area contributed by atoms with Crippen molar-refractivity contribution in [3.8, 4) is 0 Å². The molecule has 0 atom stereocenters. The van der Waals surface area contributed by atoms with Gasteiger partial charge in [0.25, 0.3) is 0 Å². The van der Waals surface area contributed by atoms with E-state index in [2.05, 4.69) is 0 Å². The van der Waals surface area contributed by atoms with Crippen molar-refractivity contribution in [1.29, 1.82) is 0 Å². The summed E-state index contributed by atoms with van der Waals surface area (Å²) in [6.07, 6.45) is 4.35. The topological polar surface area (TPSA) is 43.4 Å². The van der Waals surface area contributed by atoms with Gasteiger partial charge in [-0.05, 0) is 30.9 Å². The second-order valence-electron chi connectivity index (χ2n) is 4.40.